The van der Waals surface area contributed by atoms with E-state index in [0.717, 1.165) is 5.56 Å². The summed E-state index contributed by atoms with van der Waals surface area (Å²) >= 11 is 0. The monoisotopic (exact) mass is 187 g/mol. The van der Waals surface area contributed by atoms with Crippen molar-refractivity contribution >= 4 is 11.5 Å². The number of hydrogen-bond acceptors (Lipinski definition) is 3. The second-order valence-corrected chi connectivity index (χ2v) is 2.72. The molecule has 0 aromatic carbocycles. The highest BCUT2D eigenvalue weighted by atomic mass is 16.1. The highest BCUT2D eigenvalue weighted by molar-refractivity contribution is 6.03. The van der Waals surface area contributed by atoms with E-state index in [2.05, 4.69) is 4.98 Å². The van der Waals surface area contributed by atoms with Crippen LogP contribution >= 0.6 is 0 Å². The first-order valence-electron chi connectivity index (χ1n) is 3.98. The van der Waals surface area contributed by atoms with Crippen molar-refractivity contribution in [3.63, 3.8) is 0 Å². The van der Waals surface area contributed by atoms with Gasteiger partial charge < -0.3 is 5.73 Å². The number of nitriles is 1. The van der Waals surface area contributed by atoms with E-state index in [9.17, 15) is 4.79 Å². The summed E-state index contributed by atoms with van der Waals surface area (Å²) in [5.41, 5.74) is 6.29. The predicted octanol–water partition coefficient (Wildman–Crippen LogP) is 0.864. The lowest BCUT2D eigenvalue weighted by Gasteiger charge is -2.01. The highest BCUT2D eigenvalue weighted by Gasteiger charge is 2.09. The minimum absolute atomic E-state index is 0.0296. The highest BCUT2D eigenvalue weighted by Crippen LogP contribution is 2.15. The molecule has 0 aliphatic carbocycles. The molecule has 0 aliphatic rings. The van der Waals surface area contributed by atoms with Crippen LogP contribution in [0.2, 0.25) is 0 Å². The van der Waals surface area contributed by atoms with E-state index in [1.54, 1.807) is 37.5 Å². The SMILES string of the molecule is C/C(=C(/C#N)C(N)=O)c1cccnc1. The fraction of sp³-hybridized carbons (Fsp3) is 0.100. The third-order valence-electron chi connectivity index (χ3n) is 1.83. The van der Waals surface area contributed by atoms with Gasteiger partial charge in [-0.2, -0.15) is 5.26 Å². The van der Waals surface area contributed by atoms with E-state index in [1.165, 1.54) is 0 Å². The Labute approximate surface area is 81.7 Å². The number of carbonyl (C=O) groups excluding carboxylic acids is 1. The number of amides is 1. The van der Waals surface area contributed by atoms with Gasteiger partial charge in [-0.05, 0) is 24.1 Å². The van der Waals surface area contributed by atoms with Crippen LogP contribution in [0.5, 0.6) is 0 Å². The zero-order valence-electron chi connectivity index (χ0n) is 7.69. The third kappa shape index (κ3) is 1.96. The van der Waals surface area contributed by atoms with Crippen molar-refractivity contribution in [1.29, 1.82) is 5.26 Å². The molecule has 1 heterocycles. The van der Waals surface area contributed by atoms with Crippen molar-refractivity contribution in [2.24, 2.45) is 5.73 Å². The quantitative estimate of drug-likeness (QED) is 0.551. The Morgan fingerprint density at radius 3 is 2.79 bits per heavy atom. The van der Waals surface area contributed by atoms with E-state index in [1.807, 2.05) is 0 Å². The van der Waals surface area contributed by atoms with Gasteiger partial charge in [0.1, 0.15) is 11.6 Å². The summed E-state index contributed by atoms with van der Waals surface area (Å²) in [4.78, 5) is 14.8. The van der Waals surface area contributed by atoms with Gasteiger partial charge in [0.2, 0.25) is 0 Å². The predicted molar refractivity (Wildman–Crippen MR) is 51.6 cm³/mol. The van der Waals surface area contributed by atoms with Crippen LogP contribution in [0.25, 0.3) is 5.57 Å². The molecule has 0 atom stereocenters. The Morgan fingerprint density at radius 2 is 2.36 bits per heavy atom. The second kappa shape index (κ2) is 4.19. The van der Waals surface area contributed by atoms with Gasteiger partial charge in [-0.1, -0.05) is 6.07 Å². The Hall–Kier alpha value is -2.15. The molecule has 0 spiro atoms. The van der Waals surface area contributed by atoms with E-state index in [4.69, 9.17) is 11.0 Å². The number of nitrogens with two attached hydrogens (primary N) is 1. The van der Waals surface area contributed by atoms with Crippen LogP contribution < -0.4 is 5.73 Å². The summed E-state index contributed by atoms with van der Waals surface area (Å²) < 4.78 is 0. The number of pyridine rings is 1. The molecule has 0 fully saturated rings. The number of carbonyl (C=O) groups is 1. The lowest BCUT2D eigenvalue weighted by molar-refractivity contribution is -0.114. The van der Waals surface area contributed by atoms with E-state index >= 15 is 0 Å². The maximum absolute atomic E-state index is 10.9. The fourth-order valence-corrected chi connectivity index (χ4v) is 1.05. The standard InChI is InChI=1S/C10H9N3O/c1-7(9(5-11)10(12)14)8-3-2-4-13-6-8/h2-4,6H,1H3,(H2,12,14)/b9-7+. The Balaban J connectivity index is 3.23. The van der Waals surface area contributed by atoms with Crippen molar-refractivity contribution in [2.45, 2.75) is 6.92 Å². The van der Waals surface area contributed by atoms with Crippen LogP contribution in [-0.2, 0) is 4.79 Å². The Morgan fingerprint density at radius 1 is 1.64 bits per heavy atom. The third-order valence-corrected chi connectivity index (χ3v) is 1.83. The molecule has 0 bridgehead atoms. The molecule has 0 saturated carbocycles. The van der Waals surface area contributed by atoms with Gasteiger partial charge in [0.15, 0.2) is 0 Å². The first-order chi connectivity index (χ1) is 6.66. The number of nitrogens with zero attached hydrogens (tertiary/aromatic N) is 2. The lowest BCUT2D eigenvalue weighted by atomic mass is 10.0. The van der Waals surface area contributed by atoms with Gasteiger partial charge in [-0.15, -0.1) is 0 Å². The molecule has 0 aliphatic heterocycles. The maximum atomic E-state index is 10.9. The maximum Gasteiger partial charge on any atom is 0.259 e. The average molecular weight is 187 g/mol. The first kappa shape index (κ1) is 9.93. The molecule has 4 heteroatoms. The van der Waals surface area contributed by atoms with Crippen molar-refractivity contribution < 1.29 is 4.79 Å². The summed E-state index contributed by atoms with van der Waals surface area (Å²) in [6, 6.07) is 5.27. The Kier molecular flexibility index (Phi) is 2.97. The minimum atomic E-state index is -0.714. The lowest BCUT2D eigenvalue weighted by Crippen LogP contribution is -2.14. The molecule has 1 aromatic rings. The van der Waals surface area contributed by atoms with Gasteiger partial charge in [0.25, 0.3) is 5.91 Å². The van der Waals surface area contributed by atoms with E-state index < -0.39 is 5.91 Å². The smallest absolute Gasteiger partial charge is 0.259 e. The zero-order chi connectivity index (χ0) is 10.6. The van der Waals surface area contributed by atoms with Gasteiger partial charge in [-0.3, -0.25) is 9.78 Å². The summed E-state index contributed by atoms with van der Waals surface area (Å²) in [6.45, 7) is 1.67. The summed E-state index contributed by atoms with van der Waals surface area (Å²) in [5.74, 6) is -0.714. The molecule has 1 aromatic heterocycles. The summed E-state index contributed by atoms with van der Waals surface area (Å²) in [6.07, 6.45) is 3.20. The molecular weight excluding hydrogens is 178 g/mol. The number of hydrogen-bond donors (Lipinski definition) is 1. The molecule has 70 valence electrons. The van der Waals surface area contributed by atoms with Crippen LogP contribution in [0.15, 0.2) is 30.1 Å². The number of rotatable bonds is 2. The van der Waals surface area contributed by atoms with Crippen LogP contribution in [-0.4, -0.2) is 10.9 Å². The molecule has 14 heavy (non-hydrogen) atoms. The summed E-state index contributed by atoms with van der Waals surface area (Å²) in [5, 5.41) is 8.70. The second-order valence-electron chi connectivity index (χ2n) is 2.72. The van der Waals surface area contributed by atoms with Crippen LogP contribution in [0, 0.1) is 11.3 Å². The largest absolute Gasteiger partial charge is 0.365 e. The van der Waals surface area contributed by atoms with Crippen LogP contribution in [0.3, 0.4) is 0 Å². The van der Waals surface area contributed by atoms with Gasteiger partial charge >= 0.3 is 0 Å². The number of allylic oxidation sites excluding steroid dienone is 1. The fourth-order valence-electron chi connectivity index (χ4n) is 1.05. The molecule has 0 unspecified atom stereocenters. The molecular formula is C10H9N3O. The van der Waals surface area contributed by atoms with Crippen molar-refractivity contribution in [2.75, 3.05) is 0 Å². The first-order valence-corrected chi connectivity index (χ1v) is 3.98. The van der Waals surface area contributed by atoms with Crippen LogP contribution in [0.1, 0.15) is 12.5 Å². The minimum Gasteiger partial charge on any atom is -0.365 e. The average Bonchev–Trinajstić information content (AvgIpc) is 2.19. The number of primary amides is 1. The summed E-state index contributed by atoms with van der Waals surface area (Å²) in [7, 11) is 0. The van der Waals surface area contributed by atoms with E-state index in [-0.39, 0.29) is 5.57 Å². The van der Waals surface area contributed by atoms with Gasteiger partial charge in [0, 0.05) is 12.4 Å². The molecule has 1 amide bonds. The molecule has 0 radical (unpaired) electrons. The van der Waals surface area contributed by atoms with Gasteiger partial charge in [-0.25, -0.2) is 0 Å². The zero-order valence-corrected chi connectivity index (χ0v) is 7.69. The van der Waals surface area contributed by atoms with Crippen LogP contribution in [0.4, 0.5) is 0 Å². The Bertz CT molecular complexity index is 415. The van der Waals surface area contributed by atoms with Gasteiger partial charge in [0.05, 0.1) is 0 Å². The topological polar surface area (TPSA) is 79.8 Å². The molecule has 4 nitrogen and oxygen atoms in total. The molecule has 2 N–H and O–H groups in total. The molecule has 1 rings (SSSR count). The van der Waals surface area contributed by atoms with Crippen molar-refractivity contribution in [3.05, 3.63) is 35.7 Å². The normalized spacial score (nSPS) is 11.4. The van der Waals surface area contributed by atoms with Crippen molar-refractivity contribution in [1.82, 2.24) is 4.98 Å². The van der Waals surface area contributed by atoms with Crippen molar-refractivity contribution in [3.8, 4) is 6.07 Å². The molecule has 0 saturated heterocycles. The number of aromatic nitrogens is 1. The van der Waals surface area contributed by atoms with E-state index in [0.29, 0.717) is 5.57 Å².